The van der Waals surface area contributed by atoms with Crippen LogP contribution in [0.5, 0.6) is 0 Å². The normalized spacial score (nSPS) is 10.2. The van der Waals surface area contributed by atoms with Gasteiger partial charge < -0.3 is 5.21 Å². The first kappa shape index (κ1) is 7.69. The van der Waals surface area contributed by atoms with E-state index < -0.39 is 0 Å². The van der Waals surface area contributed by atoms with Crippen molar-refractivity contribution in [1.29, 1.82) is 5.26 Å². The van der Waals surface area contributed by atoms with Crippen molar-refractivity contribution >= 4 is 10.9 Å². The van der Waals surface area contributed by atoms with E-state index in [0.29, 0.717) is 11.2 Å². The average Bonchev–Trinajstić information content (AvgIpc) is 2.41. The third-order valence-electron chi connectivity index (χ3n) is 2.21. The van der Waals surface area contributed by atoms with Gasteiger partial charge in [-0.1, -0.05) is 18.2 Å². The van der Waals surface area contributed by atoms with Gasteiger partial charge in [-0.05, 0) is 18.6 Å². The Morgan fingerprint density at radius 2 is 2.08 bits per heavy atom. The summed E-state index contributed by atoms with van der Waals surface area (Å²) < 4.78 is 0.935. The fourth-order valence-electron chi connectivity index (χ4n) is 1.51. The molecule has 3 heteroatoms. The van der Waals surface area contributed by atoms with Crippen LogP contribution >= 0.6 is 0 Å². The molecular weight excluding hydrogens is 164 g/mol. The highest BCUT2D eigenvalue weighted by Crippen LogP contribution is 2.22. The maximum absolute atomic E-state index is 9.56. The Bertz CT molecular complexity index is 466. The molecular formula is C10H8N2O. The zero-order chi connectivity index (χ0) is 9.42. The van der Waals surface area contributed by atoms with Crippen molar-refractivity contribution in [3.63, 3.8) is 0 Å². The summed E-state index contributed by atoms with van der Waals surface area (Å²) in [7, 11) is 0. The summed E-state index contributed by atoms with van der Waals surface area (Å²) in [4.78, 5) is 0. The summed E-state index contributed by atoms with van der Waals surface area (Å²) in [6.07, 6.45) is 0. The maximum Gasteiger partial charge on any atom is 0.160 e. The highest BCUT2D eigenvalue weighted by Gasteiger charge is 2.11. The van der Waals surface area contributed by atoms with Gasteiger partial charge in [0.15, 0.2) is 5.69 Å². The minimum absolute atomic E-state index is 0.307. The van der Waals surface area contributed by atoms with Gasteiger partial charge in [-0.15, -0.1) is 0 Å². The summed E-state index contributed by atoms with van der Waals surface area (Å²) in [5.41, 5.74) is 1.80. The van der Waals surface area contributed by atoms with Gasteiger partial charge in [0.1, 0.15) is 6.07 Å². The summed E-state index contributed by atoms with van der Waals surface area (Å²) in [6, 6.07) is 9.35. The lowest BCUT2D eigenvalue weighted by molar-refractivity contribution is 0.197. The second-order valence-electron chi connectivity index (χ2n) is 2.91. The van der Waals surface area contributed by atoms with Crippen molar-refractivity contribution in [2.45, 2.75) is 6.92 Å². The molecule has 0 unspecified atom stereocenters. The molecule has 0 atom stereocenters. The lowest BCUT2D eigenvalue weighted by Gasteiger charge is -1.93. The Balaban J connectivity index is 2.99. The van der Waals surface area contributed by atoms with Crippen LogP contribution in [0.2, 0.25) is 0 Å². The molecule has 2 aromatic rings. The zero-order valence-electron chi connectivity index (χ0n) is 7.15. The number of hydrogen-bond donors (Lipinski definition) is 1. The van der Waals surface area contributed by atoms with Gasteiger partial charge in [0.25, 0.3) is 0 Å². The van der Waals surface area contributed by atoms with E-state index in [-0.39, 0.29) is 0 Å². The molecule has 1 heterocycles. The van der Waals surface area contributed by atoms with Crippen LogP contribution in [0.15, 0.2) is 24.3 Å². The fraction of sp³-hybridized carbons (Fsp3) is 0.100. The summed E-state index contributed by atoms with van der Waals surface area (Å²) in [5.74, 6) is 0. The Kier molecular flexibility index (Phi) is 1.49. The number of fused-ring (bicyclic) bond motifs is 1. The van der Waals surface area contributed by atoms with Crippen LogP contribution in [0, 0.1) is 18.3 Å². The summed E-state index contributed by atoms with van der Waals surface area (Å²) in [6.45, 7) is 1.83. The van der Waals surface area contributed by atoms with E-state index in [9.17, 15) is 5.21 Å². The Morgan fingerprint density at radius 1 is 1.38 bits per heavy atom. The van der Waals surface area contributed by atoms with Gasteiger partial charge in [0, 0.05) is 5.39 Å². The maximum atomic E-state index is 9.56. The second-order valence-corrected chi connectivity index (χ2v) is 2.91. The third kappa shape index (κ3) is 0.890. The first-order valence-electron chi connectivity index (χ1n) is 3.95. The molecule has 0 spiro atoms. The molecule has 0 aliphatic carbocycles. The number of hydrogen-bond acceptors (Lipinski definition) is 2. The lowest BCUT2D eigenvalue weighted by atomic mass is 10.2. The molecule has 0 aliphatic heterocycles. The summed E-state index contributed by atoms with van der Waals surface area (Å²) in [5, 5.41) is 19.3. The number of aromatic nitrogens is 1. The highest BCUT2D eigenvalue weighted by atomic mass is 16.5. The Hall–Kier alpha value is -1.95. The molecule has 64 valence electrons. The van der Waals surface area contributed by atoms with E-state index in [2.05, 4.69) is 0 Å². The molecule has 0 bridgehead atoms. The zero-order valence-corrected chi connectivity index (χ0v) is 7.15. The molecule has 13 heavy (non-hydrogen) atoms. The second kappa shape index (κ2) is 2.53. The molecule has 2 rings (SSSR count). The molecule has 1 aromatic carbocycles. The van der Waals surface area contributed by atoms with Gasteiger partial charge in [0.05, 0.1) is 5.52 Å². The first-order valence-corrected chi connectivity index (χ1v) is 3.95. The van der Waals surface area contributed by atoms with Crippen LogP contribution in [0.3, 0.4) is 0 Å². The smallest absolute Gasteiger partial charge is 0.160 e. The van der Waals surface area contributed by atoms with Gasteiger partial charge in [-0.25, -0.2) is 0 Å². The number of benzene rings is 1. The van der Waals surface area contributed by atoms with E-state index in [0.717, 1.165) is 15.7 Å². The van der Waals surface area contributed by atoms with Gasteiger partial charge in [0.2, 0.25) is 0 Å². The van der Waals surface area contributed by atoms with Crippen molar-refractivity contribution in [2.75, 3.05) is 0 Å². The number of nitriles is 1. The fourth-order valence-corrected chi connectivity index (χ4v) is 1.51. The quantitative estimate of drug-likeness (QED) is 0.618. The molecule has 0 saturated heterocycles. The molecule has 0 amide bonds. The number of nitrogens with zero attached hydrogens (tertiary/aromatic N) is 2. The molecule has 3 nitrogen and oxygen atoms in total. The molecule has 1 aromatic heterocycles. The van der Waals surface area contributed by atoms with Crippen molar-refractivity contribution in [3.8, 4) is 6.07 Å². The highest BCUT2D eigenvalue weighted by molar-refractivity contribution is 5.85. The van der Waals surface area contributed by atoms with E-state index in [1.807, 2.05) is 31.2 Å². The van der Waals surface area contributed by atoms with Gasteiger partial charge >= 0.3 is 0 Å². The number of rotatable bonds is 0. The third-order valence-corrected chi connectivity index (χ3v) is 2.21. The van der Waals surface area contributed by atoms with E-state index >= 15 is 0 Å². The Morgan fingerprint density at radius 3 is 2.69 bits per heavy atom. The Labute approximate surface area is 75.4 Å². The summed E-state index contributed by atoms with van der Waals surface area (Å²) >= 11 is 0. The van der Waals surface area contributed by atoms with E-state index in [1.165, 1.54) is 0 Å². The van der Waals surface area contributed by atoms with Crippen molar-refractivity contribution in [1.82, 2.24) is 4.73 Å². The molecule has 0 radical (unpaired) electrons. The standard InChI is InChI=1S/C10H8N2O/c1-7-8-4-2-3-5-9(8)12(13)10(7)6-11/h2-5,13H,1H3. The molecule has 0 fully saturated rings. The SMILES string of the molecule is Cc1c(C#N)n(O)c2ccccc12. The average molecular weight is 172 g/mol. The minimum Gasteiger partial charge on any atom is -0.427 e. The minimum atomic E-state index is 0.307. The number of aryl methyl sites for hydroxylation is 1. The van der Waals surface area contributed by atoms with Crippen molar-refractivity contribution in [2.24, 2.45) is 0 Å². The van der Waals surface area contributed by atoms with Crippen LogP contribution in [0.4, 0.5) is 0 Å². The topological polar surface area (TPSA) is 49.0 Å². The number of para-hydroxylation sites is 1. The largest absolute Gasteiger partial charge is 0.427 e. The predicted molar refractivity (Wildman–Crippen MR) is 48.6 cm³/mol. The van der Waals surface area contributed by atoms with Crippen molar-refractivity contribution < 1.29 is 5.21 Å². The molecule has 0 aliphatic rings. The van der Waals surface area contributed by atoms with Gasteiger partial charge in [-0.3, -0.25) is 0 Å². The molecule has 0 saturated carbocycles. The van der Waals surface area contributed by atoms with Crippen LogP contribution < -0.4 is 0 Å². The monoisotopic (exact) mass is 172 g/mol. The van der Waals surface area contributed by atoms with Crippen LogP contribution in [0.1, 0.15) is 11.3 Å². The van der Waals surface area contributed by atoms with Crippen molar-refractivity contribution in [3.05, 3.63) is 35.5 Å². The van der Waals surface area contributed by atoms with Crippen LogP contribution in [-0.2, 0) is 0 Å². The predicted octanol–water partition coefficient (Wildman–Crippen LogP) is 2.06. The van der Waals surface area contributed by atoms with Crippen LogP contribution in [-0.4, -0.2) is 9.94 Å². The van der Waals surface area contributed by atoms with E-state index in [1.54, 1.807) is 6.07 Å². The van der Waals surface area contributed by atoms with Gasteiger partial charge in [-0.2, -0.15) is 9.99 Å². The molecule has 1 N–H and O–H groups in total. The van der Waals surface area contributed by atoms with Crippen LogP contribution in [0.25, 0.3) is 10.9 Å². The lowest BCUT2D eigenvalue weighted by Crippen LogP contribution is -1.93. The van der Waals surface area contributed by atoms with E-state index in [4.69, 9.17) is 5.26 Å². The first-order chi connectivity index (χ1) is 6.25.